The Hall–Kier alpha value is -3.71. The molecule has 2 aromatic carbocycles. The molecule has 2 saturated carbocycles. The molecular formula is C29H30N2O5. The first-order valence-electron chi connectivity index (χ1n) is 12.4. The summed E-state index contributed by atoms with van der Waals surface area (Å²) in [6.45, 7) is -0.245. The molecule has 2 unspecified atom stereocenters. The number of nitrogens with zero attached hydrogens (tertiary/aromatic N) is 1. The van der Waals surface area contributed by atoms with Crippen molar-refractivity contribution in [2.75, 3.05) is 6.61 Å². The van der Waals surface area contributed by atoms with Crippen molar-refractivity contribution in [2.45, 2.75) is 43.7 Å². The first-order valence-corrected chi connectivity index (χ1v) is 12.4. The number of aromatic nitrogens is 1. The summed E-state index contributed by atoms with van der Waals surface area (Å²) >= 11 is 0. The van der Waals surface area contributed by atoms with Crippen molar-refractivity contribution >= 4 is 11.9 Å². The fourth-order valence-electron chi connectivity index (χ4n) is 6.04. The lowest BCUT2D eigenvalue weighted by atomic mass is 9.64. The lowest BCUT2D eigenvalue weighted by molar-refractivity contribution is -0.140. The van der Waals surface area contributed by atoms with E-state index in [-0.39, 0.29) is 5.41 Å². The number of rotatable bonds is 9. The Morgan fingerprint density at radius 1 is 1.03 bits per heavy atom. The zero-order valence-electron chi connectivity index (χ0n) is 20.0. The molecule has 1 aromatic heterocycles. The monoisotopic (exact) mass is 486 g/mol. The number of hydrogen-bond donors (Lipinski definition) is 3. The highest BCUT2D eigenvalue weighted by molar-refractivity contribution is 5.96. The van der Waals surface area contributed by atoms with Gasteiger partial charge in [-0.15, -0.1) is 0 Å². The molecule has 3 N–H and O–H groups in total. The maximum atomic E-state index is 12.5. The molecule has 3 aromatic rings. The number of aliphatic hydroxyl groups is 1. The van der Waals surface area contributed by atoms with Gasteiger partial charge in [0, 0.05) is 17.2 Å². The number of carboxylic acid groups (broad SMARTS) is 1. The van der Waals surface area contributed by atoms with E-state index in [2.05, 4.69) is 22.4 Å². The second kappa shape index (κ2) is 10.1. The molecule has 7 heteroatoms. The molecule has 2 aliphatic rings. The molecule has 1 amide bonds. The Kier molecular flexibility index (Phi) is 6.74. The van der Waals surface area contributed by atoms with Crippen molar-refractivity contribution < 1.29 is 24.5 Å². The van der Waals surface area contributed by atoms with Crippen LogP contribution in [-0.2, 0) is 16.8 Å². The van der Waals surface area contributed by atoms with Crippen molar-refractivity contribution in [3.8, 4) is 5.75 Å². The molecule has 2 fully saturated rings. The molecule has 4 atom stereocenters. The molecule has 5 rings (SSSR count). The van der Waals surface area contributed by atoms with Gasteiger partial charge in [-0.05, 0) is 78.6 Å². The van der Waals surface area contributed by atoms with Gasteiger partial charge in [0.1, 0.15) is 12.4 Å². The fraction of sp³-hybridized carbons (Fsp3) is 0.345. The minimum absolute atomic E-state index is 0.119. The third-order valence-electron chi connectivity index (χ3n) is 7.78. The van der Waals surface area contributed by atoms with Crippen LogP contribution in [0.2, 0.25) is 0 Å². The molecule has 2 aliphatic carbocycles. The number of aliphatic hydroxyl groups excluding tert-OH is 1. The van der Waals surface area contributed by atoms with Crippen LogP contribution in [-0.4, -0.2) is 39.7 Å². The third-order valence-corrected chi connectivity index (χ3v) is 7.78. The third kappa shape index (κ3) is 4.58. The van der Waals surface area contributed by atoms with Crippen LogP contribution >= 0.6 is 0 Å². The van der Waals surface area contributed by atoms with Crippen LogP contribution in [0.25, 0.3) is 0 Å². The number of carbonyl (C=O) groups is 2. The van der Waals surface area contributed by atoms with E-state index in [0.29, 0.717) is 24.0 Å². The largest absolute Gasteiger partial charge is 0.487 e. The van der Waals surface area contributed by atoms with Gasteiger partial charge < -0.3 is 20.3 Å². The van der Waals surface area contributed by atoms with E-state index in [9.17, 15) is 14.7 Å². The van der Waals surface area contributed by atoms with Crippen LogP contribution in [0.3, 0.4) is 0 Å². The topological polar surface area (TPSA) is 109 Å². The van der Waals surface area contributed by atoms with Gasteiger partial charge in [-0.25, -0.2) is 4.79 Å². The van der Waals surface area contributed by atoms with Gasteiger partial charge in [-0.1, -0.05) is 36.8 Å². The van der Waals surface area contributed by atoms with Gasteiger partial charge in [0.25, 0.3) is 5.91 Å². The van der Waals surface area contributed by atoms with E-state index in [4.69, 9.17) is 9.84 Å². The van der Waals surface area contributed by atoms with Gasteiger partial charge in [-0.3, -0.25) is 9.78 Å². The van der Waals surface area contributed by atoms with E-state index in [1.807, 2.05) is 42.5 Å². The number of fused-ring (bicyclic) bond motifs is 2. The Labute approximate surface area is 210 Å². The van der Waals surface area contributed by atoms with Gasteiger partial charge in [0.15, 0.2) is 6.04 Å². The molecular weight excluding hydrogens is 456 g/mol. The van der Waals surface area contributed by atoms with Crippen LogP contribution in [0.4, 0.5) is 0 Å². The number of benzene rings is 2. The number of ether oxygens (including phenoxy) is 1. The van der Waals surface area contributed by atoms with E-state index in [0.717, 1.165) is 17.9 Å². The highest BCUT2D eigenvalue weighted by Crippen LogP contribution is 2.60. The number of nitrogens with one attached hydrogen (secondary N) is 1. The summed E-state index contributed by atoms with van der Waals surface area (Å²) in [6.07, 6.45) is 6.48. The summed E-state index contributed by atoms with van der Waals surface area (Å²) in [6, 6.07) is 20.3. The highest BCUT2D eigenvalue weighted by Gasteiger charge is 2.52. The van der Waals surface area contributed by atoms with Gasteiger partial charge >= 0.3 is 5.97 Å². The number of carbonyl (C=O) groups excluding carboxylic acids is 1. The van der Waals surface area contributed by atoms with Crippen molar-refractivity contribution in [1.82, 2.24) is 10.3 Å². The number of aliphatic carboxylic acids is 1. The van der Waals surface area contributed by atoms with Crippen molar-refractivity contribution in [1.29, 1.82) is 0 Å². The van der Waals surface area contributed by atoms with Gasteiger partial charge in [-0.2, -0.15) is 0 Å². The van der Waals surface area contributed by atoms with Crippen molar-refractivity contribution in [2.24, 2.45) is 11.8 Å². The van der Waals surface area contributed by atoms with E-state index in [1.165, 1.54) is 30.4 Å². The predicted octanol–water partition coefficient (Wildman–Crippen LogP) is 3.94. The molecule has 7 nitrogen and oxygen atoms in total. The summed E-state index contributed by atoms with van der Waals surface area (Å²) < 4.78 is 5.94. The molecule has 0 saturated heterocycles. The maximum Gasteiger partial charge on any atom is 0.328 e. The number of carboxylic acids is 1. The van der Waals surface area contributed by atoms with Crippen molar-refractivity contribution in [3.05, 3.63) is 95.3 Å². The first kappa shape index (κ1) is 24.0. The normalized spacial score (nSPS) is 23.2. The fourth-order valence-corrected chi connectivity index (χ4v) is 6.04. The Bertz CT molecular complexity index is 1210. The average Bonchev–Trinajstić information content (AvgIpc) is 3.54. The SMILES string of the molecule is O=C(N[C@H](CO)C(=O)O)c1ccc([C@]2(c3ccc(OCc4ccccn4)cc3)CC3CCC2C3)cc1. The molecule has 2 bridgehead atoms. The first-order chi connectivity index (χ1) is 17.5. The lowest BCUT2D eigenvalue weighted by Crippen LogP contribution is -2.43. The standard InChI is InChI=1S/C29H30N2O5/c32-17-26(28(34)35)31-27(33)20-5-8-21(9-6-20)29(16-19-4-7-23(29)15-19)22-10-12-25(13-11-22)36-18-24-3-1-2-14-30-24/h1-3,5-6,8-14,19,23,26,32H,4,7,15-18H2,(H,31,33)(H,34,35)/t19?,23?,26-,29+/m1/s1. The molecule has 0 spiro atoms. The average molecular weight is 487 g/mol. The highest BCUT2D eigenvalue weighted by atomic mass is 16.5. The van der Waals surface area contributed by atoms with Gasteiger partial charge in [0.2, 0.25) is 0 Å². The molecule has 1 heterocycles. The zero-order valence-corrected chi connectivity index (χ0v) is 20.0. The van der Waals surface area contributed by atoms with Crippen LogP contribution < -0.4 is 10.1 Å². The summed E-state index contributed by atoms with van der Waals surface area (Å²) in [7, 11) is 0. The Morgan fingerprint density at radius 3 is 2.31 bits per heavy atom. The number of hydrogen-bond acceptors (Lipinski definition) is 5. The predicted molar refractivity (Wildman–Crippen MR) is 134 cm³/mol. The number of amides is 1. The smallest absolute Gasteiger partial charge is 0.328 e. The second-order valence-corrected chi connectivity index (χ2v) is 9.81. The Morgan fingerprint density at radius 2 is 1.75 bits per heavy atom. The zero-order chi connectivity index (χ0) is 25.1. The van der Waals surface area contributed by atoms with E-state index in [1.54, 1.807) is 18.3 Å². The van der Waals surface area contributed by atoms with Crippen LogP contribution in [0.1, 0.15) is 52.9 Å². The molecule has 186 valence electrons. The summed E-state index contributed by atoms with van der Waals surface area (Å²) in [5, 5.41) is 20.7. The van der Waals surface area contributed by atoms with E-state index >= 15 is 0 Å². The quantitative estimate of drug-likeness (QED) is 0.423. The summed E-state index contributed by atoms with van der Waals surface area (Å²) in [4.78, 5) is 28.0. The number of pyridine rings is 1. The lowest BCUT2D eigenvalue weighted by Gasteiger charge is -2.39. The molecule has 0 aliphatic heterocycles. The summed E-state index contributed by atoms with van der Waals surface area (Å²) in [5.74, 6) is 0.244. The minimum atomic E-state index is -1.33. The minimum Gasteiger partial charge on any atom is -0.487 e. The summed E-state index contributed by atoms with van der Waals surface area (Å²) in [5.41, 5.74) is 3.55. The van der Waals surface area contributed by atoms with Crippen LogP contribution in [0, 0.1) is 11.8 Å². The second-order valence-electron chi connectivity index (χ2n) is 9.81. The van der Waals surface area contributed by atoms with Crippen LogP contribution in [0.5, 0.6) is 5.75 Å². The van der Waals surface area contributed by atoms with Crippen LogP contribution in [0.15, 0.2) is 72.9 Å². The van der Waals surface area contributed by atoms with E-state index < -0.39 is 24.5 Å². The maximum absolute atomic E-state index is 12.5. The van der Waals surface area contributed by atoms with Crippen molar-refractivity contribution in [3.63, 3.8) is 0 Å². The molecule has 0 radical (unpaired) electrons. The molecule has 36 heavy (non-hydrogen) atoms. The Balaban J connectivity index is 1.37. The van der Waals surface area contributed by atoms with Gasteiger partial charge in [0.05, 0.1) is 12.3 Å².